The van der Waals surface area contributed by atoms with Crippen LogP contribution < -0.4 is 0 Å². The van der Waals surface area contributed by atoms with Crippen molar-refractivity contribution in [2.45, 2.75) is 63.2 Å². The summed E-state index contributed by atoms with van der Waals surface area (Å²) in [4.78, 5) is 15.5. The van der Waals surface area contributed by atoms with Gasteiger partial charge >= 0.3 is 0 Å². The van der Waals surface area contributed by atoms with Gasteiger partial charge in [0, 0.05) is 33.8 Å². The number of hydrogen-bond donors (Lipinski definition) is 0. The first-order chi connectivity index (χ1) is 17.9. The smallest absolute Gasteiger partial charge is 0.297 e. The number of aromatic nitrogens is 3. The van der Waals surface area contributed by atoms with Crippen LogP contribution in [0.4, 0.5) is 5.82 Å². The molecule has 3 atom stereocenters. The first-order valence-electron chi connectivity index (χ1n) is 12.3. The van der Waals surface area contributed by atoms with Gasteiger partial charge in [-0.05, 0) is 45.9 Å². The summed E-state index contributed by atoms with van der Waals surface area (Å²) in [5, 5.41) is 0.753. The second kappa shape index (κ2) is 11.1. The van der Waals surface area contributed by atoms with Gasteiger partial charge in [0.1, 0.15) is 17.6 Å². The van der Waals surface area contributed by atoms with Crippen molar-refractivity contribution < 1.29 is 26.8 Å². The fourth-order valence-electron chi connectivity index (χ4n) is 4.12. The van der Waals surface area contributed by atoms with Gasteiger partial charge in [-0.3, -0.25) is 4.18 Å². The molecule has 1 aromatic carbocycles. The molecular weight excluding hydrogens is 510 g/mol. The summed E-state index contributed by atoms with van der Waals surface area (Å²) in [6.45, 7) is 7.15. The largest absolute Gasteiger partial charge is 0.369 e. The molecule has 12 heteroatoms. The zero-order valence-corrected chi connectivity index (χ0v) is 23.6. The highest BCUT2D eigenvalue weighted by Crippen LogP contribution is 2.37. The average Bonchev–Trinajstić information content (AvgIpc) is 3.44. The van der Waals surface area contributed by atoms with E-state index in [1.807, 2.05) is 56.6 Å². The van der Waals surface area contributed by atoms with Gasteiger partial charge in [0.05, 0.1) is 29.3 Å². The number of aliphatic imine (C=N–C) groups is 1. The third-order valence-electron chi connectivity index (χ3n) is 6.14. The molecule has 0 N–H and O–H groups in total. The van der Waals surface area contributed by atoms with E-state index in [0.29, 0.717) is 23.7 Å². The SMILES string of the molecule is COC(C)(C)O[C@@H]1CC(COS(=O)(=O)c2ccc(C)cc2)OC1n1ccc2c(/N=C/N(C)C)nc(C)nc21. The van der Waals surface area contributed by atoms with Crippen molar-refractivity contribution >= 4 is 33.3 Å². The van der Waals surface area contributed by atoms with E-state index in [9.17, 15) is 8.42 Å². The zero-order valence-electron chi connectivity index (χ0n) is 22.8. The summed E-state index contributed by atoms with van der Waals surface area (Å²) in [5.41, 5.74) is 1.59. The van der Waals surface area contributed by atoms with Gasteiger partial charge in [0.25, 0.3) is 10.1 Å². The van der Waals surface area contributed by atoms with Crippen LogP contribution in [-0.2, 0) is 28.5 Å². The molecule has 11 nitrogen and oxygen atoms in total. The Kier molecular flexibility index (Phi) is 8.19. The molecular formula is C26H35N5O6S. The summed E-state index contributed by atoms with van der Waals surface area (Å²) >= 11 is 0. The van der Waals surface area contributed by atoms with Crippen LogP contribution in [0.15, 0.2) is 46.4 Å². The predicted molar refractivity (Wildman–Crippen MR) is 143 cm³/mol. The molecule has 1 aliphatic heterocycles. The molecule has 206 valence electrons. The van der Waals surface area contributed by atoms with E-state index in [1.165, 1.54) is 12.1 Å². The maximum absolute atomic E-state index is 12.8. The van der Waals surface area contributed by atoms with Gasteiger partial charge < -0.3 is 23.7 Å². The van der Waals surface area contributed by atoms with Crippen LogP contribution in [0.5, 0.6) is 0 Å². The fourth-order valence-corrected chi connectivity index (χ4v) is 5.06. The molecule has 0 radical (unpaired) electrons. The van der Waals surface area contributed by atoms with Crippen molar-refractivity contribution in [1.29, 1.82) is 0 Å². The number of fused-ring (bicyclic) bond motifs is 1. The third-order valence-corrected chi connectivity index (χ3v) is 7.44. The van der Waals surface area contributed by atoms with Crippen LogP contribution >= 0.6 is 0 Å². The van der Waals surface area contributed by atoms with Crippen LogP contribution in [-0.4, -0.2) is 80.0 Å². The average molecular weight is 546 g/mol. The Bertz CT molecular complexity index is 1400. The van der Waals surface area contributed by atoms with E-state index >= 15 is 0 Å². The number of nitrogens with zero attached hydrogens (tertiary/aromatic N) is 5. The summed E-state index contributed by atoms with van der Waals surface area (Å²) in [7, 11) is 1.38. The number of rotatable bonds is 10. The molecule has 3 aromatic rings. The molecule has 0 amide bonds. The first-order valence-corrected chi connectivity index (χ1v) is 13.7. The van der Waals surface area contributed by atoms with Gasteiger partial charge in [-0.1, -0.05) is 17.7 Å². The van der Waals surface area contributed by atoms with E-state index in [2.05, 4.69) is 15.0 Å². The molecule has 1 aliphatic rings. The van der Waals surface area contributed by atoms with Gasteiger partial charge in [-0.25, -0.2) is 15.0 Å². The predicted octanol–water partition coefficient (Wildman–Crippen LogP) is 3.73. The first kappa shape index (κ1) is 28.1. The lowest BCUT2D eigenvalue weighted by Crippen LogP contribution is -2.35. The Morgan fingerprint density at radius 1 is 1.18 bits per heavy atom. The van der Waals surface area contributed by atoms with Crippen LogP contribution in [0.25, 0.3) is 11.0 Å². The number of hydrogen-bond acceptors (Lipinski definition) is 9. The van der Waals surface area contributed by atoms with Crippen molar-refractivity contribution in [3.05, 3.63) is 47.9 Å². The lowest BCUT2D eigenvalue weighted by atomic mass is 10.2. The van der Waals surface area contributed by atoms with E-state index < -0.39 is 34.3 Å². The minimum atomic E-state index is -3.95. The Morgan fingerprint density at radius 3 is 2.55 bits per heavy atom. The summed E-state index contributed by atoms with van der Waals surface area (Å²) in [5.74, 6) is 0.196. The van der Waals surface area contributed by atoms with E-state index in [0.717, 1.165) is 10.9 Å². The quantitative estimate of drug-likeness (QED) is 0.163. The van der Waals surface area contributed by atoms with Crippen molar-refractivity contribution in [3.8, 4) is 0 Å². The molecule has 4 rings (SSSR count). The second-order valence-corrected chi connectivity index (χ2v) is 11.6. The van der Waals surface area contributed by atoms with Crippen LogP contribution in [0.3, 0.4) is 0 Å². The Labute approximate surface area is 223 Å². The molecule has 0 bridgehead atoms. The number of methoxy groups -OCH3 is 1. The molecule has 0 spiro atoms. The Morgan fingerprint density at radius 2 is 1.89 bits per heavy atom. The summed E-state index contributed by atoms with van der Waals surface area (Å²) < 4.78 is 50.9. The van der Waals surface area contributed by atoms with E-state index in [-0.39, 0.29) is 11.5 Å². The second-order valence-electron chi connectivity index (χ2n) is 9.96. The van der Waals surface area contributed by atoms with Gasteiger partial charge in [-0.15, -0.1) is 0 Å². The Hall–Kier alpha value is -2.90. The molecule has 3 heterocycles. The van der Waals surface area contributed by atoms with Crippen molar-refractivity contribution in [3.63, 3.8) is 0 Å². The molecule has 0 aliphatic carbocycles. The summed E-state index contributed by atoms with van der Waals surface area (Å²) in [6.07, 6.45) is 2.28. The topological polar surface area (TPSA) is 117 Å². The van der Waals surface area contributed by atoms with E-state index in [4.69, 9.17) is 18.4 Å². The number of benzene rings is 1. The Balaban J connectivity index is 1.62. The lowest BCUT2D eigenvalue weighted by molar-refractivity contribution is -0.237. The third kappa shape index (κ3) is 6.38. The minimum absolute atomic E-state index is 0.0975. The highest BCUT2D eigenvalue weighted by atomic mass is 32.2. The zero-order chi connectivity index (χ0) is 27.7. The number of ether oxygens (including phenoxy) is 3. The fraction of sp³-hybridized carbons (Fsp3) is 0.500. The highest BCUT2D eigenvalue weighted by molar-refractivity contribution is 7.86. The monoisotopic (exact) mass is 545 g/mol. The van der Waals surface area contributed by atoms with Gasteiger partial charge in [0.2, 0.25) is 0 Å². The van der Waals surface area contributed by atoms with Crippen LogP contribution in [0, 0.1) is 13.8 Å². The highest BCUT2D eigenvalue weighted by Gasteiger charge is 2.42. The minimum Gasteiger partial charge on any atom is -0.369 e. The van der Waals surface area contributed by atoms with Gasteiger partial charge in [-0.2, -0.15) is 8.42 Å². The van der Waals surface area contributed by atoms with Crippen molar-refractivity contribution in [2.24, 2.45) is 4.99 Å². The maximum atomic E-state index is 12.8. The molecule has 1 saturated heterocycles. The molecule has 0 saturated carbocycles. The normalized spacial score (nSPS) is 20.6. The summed E-state index contributed by atoms with van der Waals surface area (Å²) in [6, 6.07) is 8.39. The van der Waals surface area contributed by atoms with Crippen LogP contribution in [0.2, 0.25) is 0 Å². The maximum Gasteiger partial charge on any atom is 0.297 e. The van der Waals surface area contributed by atoms with E-state index in [1.54, 1.807) is 32.5 Å². The lowest BCUT2D eigenvalue weighted by Gasteiger charge is -2.30. The molecule has 1 fully saturated rings. The molecule has 2 unspecified atom stereocenters. The van der Waals surface area contributed by atoms with Crippen molar-refractivity contribution in [1.82, 2.24) is 19.4 Å². The number of aryl methyl sites for hydroxylation is 2. The van der Waals surface area contributed by atoms with Crippen LogP contribution in [0.1, 0.15) is 37.9 Å². The molecule has 2 aromatic heterocycles. The molecule has 38 heavy (non-hydrogen) atoms. The van der Waals surface area contributed by atoms with Crippen molar-refractivity contribution in [2.75, 3.05) is 27.8 Å². The van der Waals surface area contributed by atoms with Gasteiger partial charge in [0.15, 0.2) is 17.8 Å². The standard InChI is InChI=1S/C26H35N5O6S/c1-17-8-10-20(11-9-17)38(32,33)35-15-19-14-22(37-26(3,4)34-7)25(36-19)31-13-12-21-23(27-16-30(5)6)28-18(2)29-24(21)31/h8-13,16,19,22,25H,14-15H2,1-7H3/b27-16+/t19?,22-,25?/m1/s1.